The number of nitro groups is 1. The second-order valence-corrected chi connectivity index (χ2v) is 4.81. The molecule has 6 heteroatoms. The lowest BCUT2D eigenvalue weighted by Gasteiger charge is -2.09. The van der Waals surface area contributed by atoms with Gasteiger partial charge in [-0.15, -0.1) is 11.8 Å². The highest BCUT2D eigenvalue weighted by atomic mass is 32.2. The van der Waals surface area contributed by atoms with Crippen molar-refractivity contribution in [2.24, 2.45) is 0 Å². The Balaban J connectivity index is 2.64. The molecule has 16 heavy (non-hydrogen) atoms. The van der Waals surface area contributed by atoms with Gasteiger partial charge in [-0.05, 0) is 26.6 Å². The minimum Gasteiger partial charge on any atom is -0.309 e. The van der Waals surface area contributed by atoms with Gasteiger partial charge in [-0.3, -0.25) is 10.1 Å². The van der Waals surface area contributed by atoms with Crippen molar-refractivity contribution >= 4 is 17.4 Å². The van der Waals surface area contributed by atoms with E-state index in [0.29, 0.717) is 0 Å². The van der Waals surface area contributed by atoms with Gasteiger partial charge in [0.2, 0.25) is 0 Å². The van der Waals surface area contributed by atoms with Gasteiger partial charge in [0.15, 0.2) is 0 Å². The van der Waals surface area contributed by atoms with Gasteiger partial charge in [0, 0.05) is 18.4 Å². The number of thioether (sulfide) groups is 1. The fourth-order valence-corrected chi connectivity index (χ4v) is 2.19. The van der Waals surface area contributed by atoms with E-state index >= 15 is 0 Å². The van der Waals surface area contributed by atoms with Gasteiger partial charge in [-0.25, -0.2) is 4.98 Å². The average Bonchev–Trinajstić information content (AvgIpc) is 2.19. The topological polar surface area (TPSA) is 59.3 Å². The van der Waals surface area contributed by atoms with Crippen molar-refractivity contribution in [1.82, 2.24) is 9.88 Å². The van der Waals surface area contributed by atoms with E-state index in [1.807, 2.05) is 21.0 Å². The van der Waals surface area contributed by atoms with Crippen LogP contribution in [0.2, 0.25) is 0 Å². The van der Waals surface area contributed by atoms with Crippen LogP contribution in [0.3, 0.4) is 0 Å². The molecule has 0 atom stereocenters. The first-order chi connectivity index (χ1) is 7.50. The fourth-order valence-electron chi connectivity index (χ4n) is 1.12. The summed E-state index contributed by atoms with van der Waals surface area (Å²) in [6.07, 6.45) is 1.31. The second kappa shape index (κ2) is 5.81. The summed E-state index contributed by atoms with van der Waals surface area (Å²) >= 11 is 1.62. The van der Waals surface area contributed by atoms with Crippen LogP contribution >= 0.6 is 11.8 Å². The maximum Gasteiger partial charge on any atom is 0.287 e. The molecule has 0 N–H and O–H groups in total. The molecule has 0 unspecified atom stereocenters. The molecular weight excluding hydrogens is 226 g/mol. The van der Waals surface area contributed by atoms with E-state index in [2.05, 4.69) is 9.88 Å². The van der Waals surface area contributed by atoms with Crippen molar-refractivity contribution in [3.8, 4) is 0 Å². The standard InChI is InChI=1S/C10H15N3O2S/c1-8-6-9(13(14)15)7-11-10(8)16-5-4-12(2)3/h6-7H,4-5H2,1-3H3. The fraction of sp³-hybridized carbons (Fsp3) is 0.500. The number of hydrogen-bond donors (Lipinski definition) is 0. The molecule has 0 aromatic carbocycles. The average molecular weight is 241 g/mol. The largest absolute Gasteiger partial charge is 0.309 e. The zero-order valence-corrected chi connectivity index (χ0v) is 10.5. The molecule has 1 aromatic rings. The van der Waals surface area contributed by atoms with Crippen molar-refractivity contribution in [3.63, 3.8) is 0 Å². The smallest absolute Gasteiger partial charge is 0.287 e. The Morgan fingerprint density at radius 2 is 2.25 bits per heavy atom. The van der Waals surface area contributed by atoms with Crippen LogP contribution in [0.1, 0.15) is 5.56 Å². The number of nitrogens with zero attached hydrogens (tertiary/aromatic N) is 3. The first-order valence-electron chi connectivity index (χ1n) is 4.89. The molecule has 1 aromatic heterocycles. The molecule has 88 valence electrons. The third-order valence-electron chi connectivity index (χ3n) is 2.00. The summed E-state index contributed by atoms with van der Waals surface area (Å²) in [7, 11) is 4.02. The lowest BCUT2D eigenvalue weighted by Crippen LogP contribution is -2.14. The Morgan fingerprint density at radius 1 is 1.56 bits per heavy atom. The number of aromatic nitrogens is 1. The number of rotatable bonds is 5. The molecule has 0 saturated heterocycles. The number of hydrogen-bond acceptors (Lipinski definition) is 5. The predicted molar refractivity (Wildman–Crippen MR) is 64.9 cm³/mol. The molecule has 0 aliphatic rings. The first-order valence-corrected chi connectivity index (χ1v) is 5.88. The molecule has 0 bridgehead atoms. The molecule has 1 heterocycles. The van der Waals surface area contributed by atoms with Gasteiger partial charge >= 0.3 is 0 Å². The summed E-state index contributed by atoms with van der Waals surface area (Å²) in [5.74, 6) is 0.929. The summed E-state index contributed by atoms with van der Waals surface area (Å²) in [6.45, 7) is 2.81. The molecule has 1 rings (SSSR count). The monoisotopic (exact) mass is 241 g/mol. The van der Waals surface area contributed by atoms with Crippen LogP contribution in [0.15, 0.2) is 17.3 Å². The van der Waals surface area contributed by atoms with Crippen molar-refractivity contribution in [2.75, 3.05) is 26.4 Å². The molecule has 0 spiro atoms. The SMILES string of the molecule is Cc1cc([N+](=O)[O-])cnc1SCCN(C)C. The van der Waals surface area contributed by atoms with Crippen LogP contribution < -0.4 is 0 Å². The van der Waals surface area contributed by atoms with Crippen LogP contribution in [0, 0.1) is 17.0 Å². The highest BCUT2D eigenvalue weighted by Gasteiger charge is 2.09. The highest BCUT2D eigenvalue weighted by Crippen LogP contribution is 2.22. The summed E-state index contributed by atoms with van der Waals surface area (Å²) in [4.78, 5) is 16.3. The summed E-state index contributed by atoms with van der Waals surface area (Å²) in [5, 5.41) is 11.4. The maximum absolute atomic E-state index is 10.5. The molecule has 0 saturated carbocycles. The Hall–Kier alpha value is -1.14. The molecule has 0 fully saturated rings. The summed E-state index contributed by atoms with van der Waals surface area (Å²) in [5.41, 5.74) is 0.910. The zero-order chi connectivity index (χ0) is 12.1. The van der Waals surface area contributed by atoms with Crippen LogP contribution in [0.5, 0.6) is 0 Å². The third-order valence-corrected chi connectivity index (χ3v) is 3.09. The third kappa shape index (κ3) is 3.79. The number of aryl methyl sites for hydroxylation is 1. The van der Waals surface area contributed by atoms with Crippen LogP contribution in [-0.2, 0) is 0 Å². The molecule has 0 aliphatic carbocycles. The van der Waals surface area contributed by atoms with E-state index < -0.39 is 4.92 Å². The minimum atomic E-state index is -0.422. The van der Waals surface area contributed by atoms with E-state index in [0.717, 1.165) is 22.9 Å². The van der Waals surface area contributed by atoms with E-state index in [4.69, 9.17) is 0 Å². The Labute approximate surface area is 99.0 Å². The van der Waals surface area contributed by atoms with E-state index in [9.17, 15) is 10.1 Å². The number of pyridine rings is 1. The van der Waals surface area contributed by atoms with Gasteiger partial charge in [-0.2, -0.15) is 0 Å². The minimum absolute atomic E-state index is 0.0504. The van der Waals surface area contributed by atoms with Crippen LogP contribution in [0.25, 0.3) is 0 Å². The lowest BCUT2D eigenvalue weighted by atomic mass is 10.3. The quantitative estimate of drug-likeness (QED) is 0.448. The van der Waals surface area contributed by atoms with Gasteiger partial charge in [0.25, 0.3) is 5.69 Å². The van der Waals surface area contributed by atoms with Crippen LogP contribution in [-0.4, -0.2) is 41.2 Å². The lowest BCUT2D eigenvalue weighted by molar-refractivity contribution is -0.385. The van der Waals surface area contributed by atoms with Gasteiger partial charge in [-0.1, -0.05) is 0 Å². The molecule has 5 nitrogen and oxygen atoms in total. The van der Waals surface area contributed by atoms with Crippen molar-refractivity contribution in [1.29, 1.82) is 0 Å². The highest BCUT2D eigenvalue weighted by molar-refractivity contribution is 7.99. The van der Waals surface area contributed by atoms with E-state index in [-0.39, 0.29) is 5.69 Å². The van der Waals surface area contributed by atoms with Crippen molar-refractivity contribution < 1.29 is 4.92 Å². The molecular formula is C10H15N3O2S. The Bertz CT molecular complexity index is 382. The second-order valence-electron chi connectivity index (χ2n) is 3.72. The van der Waals surface area contributed by atoms with Gasteiger partial charge in [0.05, 0.1) is 9.95 Å². The molecule has 0 radical (unpaired) electrons. The maximum atomic E-state index is 10.5. The van der Waals surface area contributed by atoms with E-state index in [1.54, 1.807) is 17.8 Å². The van der Waals surface area contributed by atoms with Gasteiger partial charge < -0.3 is 4.90 Å². The van der Waals surface area contributed by atoms with E-state index in [1.165, 1.54) is 6.20 Å². The predicted octanol–water partition coefficient (Wildman–Crippen LogP) is 1.95. The summed E-state index contributed by atoms with van der Waals surface area (Å²) in [6, 6.07) is 1.56. The summed E-state index contributed by atoms with van der Waals surface area (Å²) < 4.78 is 0. The molecule has 0 aliphatic heterocycles. The van der Waals surface area contributed by atoms with Crippen molar-refractivity contribution in [3.05, 3.63) is 27.9 Å². The van der Waals surface area contributed by atoms with Crippen LogP contribution in [0.4, 0.5) is 5.69 Å². The Morgan fingerprint density at radius 3 is 2.75 bits per heavy atom. The Kier molecular flexibility index (Phi) is 4.70. The first kappa shape index (κ1) is 12.9. The normalized spacial score (nSPS) is 10.8. The van der Waals surface area contributed by atoms with Gasteiger partial charge in [0.1, 0.15) is 6.20 Å². The van der Waals surface area contributed by atoms with Crippen molar-refractivity contribution in [2.45, 2.75) is 11.9 Å². The molecule has 0 amide bonds. The zero-order valence-electron chi connectivity index (χ0n) is 9.64.